The highest BCUT2D eigenvalue weighted by Crippen LogP contribution is 2.19. The van der Waals surface area contributed by atoms with Crippen LogP contribution in [0.4, 0.5) is 4.79 Å². The molecule has 2 atom stereocenters. The molecule has 1 unspecified atom stereocenters. The Bertz CT molecular complexity index is 947. The quantitative estimate of drug-likeness (QED) is 0.501. The van der Waals surface area contributed by atoms with Crippen LogP contribution in [0.5, 0.6) is 0 Å². The number of ketones is 1. The van der Waals surface area contributed by atoms with E-state index in [2.05, 4.69) is 5.32 Å². The standard InChI is InChI=1S/C24H26N2O6/c1-31-23(29)20-13-8-14-26(20)22(28)21(27)19(15-17-9-4-2-5-10-17)25-24(30)32-16-18-11-6-3-7-12-18/h2-7,9-12,19-20H,8,13-16H2,1H3,(H,25,30)/t19?,20-/m1/s1. The summed E-state index contributed by atoms with van der Waals surface area (Å²) in [4.78, 5) is 51.7. The first-order valence-corrected chi connectivity index (χ1v) is 10.4. The molecule has 1 aliphatic rings. The second-order valence-corrected chi connectivity index (χ2v) is 7.49. The molecule has 8 heteroatoms. The molecule has 1 saturated heterocycles. The summed E-state index contributed by atoms with van der Waals surface area (Å²) < 4.78 is 9.98. The number of methoxy groups -OCH3 is 1. The summed E-state index contributed by atoms with van der Waals surface area (Å²) in [7, 11) is 1.24. The van der Waals surface area contributed by atoms with Crippen molar-refractivity contribution >= 4 is 23.8 Å². The van der Waals surface area contributed by atoms with Crippen molar-refractivity contribution in [2.45, 2.75) is 38.0 Å². The van der Waals surface area contributed by atoms with E-state index in [1.807, 2.05) is 36.4 Å². The van der Waals surface area contributed by atoms with E-state index in [-0.39, 0.29) is 19.6 Å². The number of carbonyl (C=O) groups excluding carboxylic acids is 4. The maximum absolute atomic E-state index is 13.1. The van der Waals surface area contributed by atoms with Gasteiger partial charge >= 0.3 is 12.1 Å². The van der Waals surface area contributed by atoms with E-state index in [0.717, 1.165) is 11.1 Å². The number of hydrogen-bond acceptors (Lipinski definition) is 6. The molecule has 2 aromatic carbocycles. The molecule has 1 aliphatic heterocycles. The van der Waals surface area contributed by atoms with Gasteiger partial charge < -0.3 is 19.7 Å². The Morgan fingerprint density at radius 1 is 1.00 bits per heavy atom. The van der Waals surface area contributed by atoms with Crippen LogP contribution in [-0.4, -0.2) is 54.4 Å². The number of amides is 2. The van der Waals surface area contributed by atoms with E-state index >= 15 is 0 Å². The molecule has 8 nitrogen and oxygen atoms in total. The van der Waals surface area contributed by atoms with Crippen LogP contribution in [0, 0.1) is 0 Å². The first-order chi connectivity index (χ1) is 15.5. The molecule has 0 spiro atoms. The zero-order chi connectivity index (χ0) is 22.9. The van der Waals surface area contributed by atoms with Gasteiger partial charge in [-0.15, -0.1) is 0 Å². The van der Waals surface area contributed by atoms with E-state index in [1.54, 1.807) is 24.3 Å². The van der Waals surface area contributed by atoms with Gasteiger partial charge in [-0.25, -0.2) is 9.59 Å². The molecule has 0 saturated carbocycles. The number of benzene rings is 2. The average molecular weight is 438 g/mol. The molecule has 1 N–H and O–H groups in total. The summed E-state index contributed by atoms with van der Waals surface area (Å²) in [6.45, 7) is 0.310. The van der Waals surface area contributed by atoms with Crippen LogP contribution in [0.3, 0.4) is 0 Å². The number of likely N-dealkylation sites (tertiary alicyclic amines) is 1. The topological polar surface area (TPSA) is 102 Å². The van der Waals surface area contributed by atoms with Crippen LogP contribution in [0.25, 0.3) is 0 Å². The smallest absolute Gasteiger partial charge is 0.408 e. The molecule has 1 fully saturated rings. The molecule has 3 rings (SSSR count). The Morgan fingerprint density at radius 3 is 2.25 bits per heavy atom. The fourth-order valence-corrected chi connectivity index (χ4v) is 3.65. The summed E-state index contributed by atoms with van der Waals surface area (Å²) >= 11 is 0. The normalized spacial score (nSPS) is 16.2. The SMILES string of the molecule is COC(=O)[C@H]1CCCN1C(=O)C(=O)C(Cc1ccccc1)NC(=O)OCc1ccccc1. The Balaban J connectivity index is 1.71. The third-order valence-electron chi connectivity index (χ3n) is 5.30. The van der Waals surface area contributed by atoms with Crippen LogP contribution >= 0.6 is 0 Å². The van der Waals surface area contributed by atoms with Crippen LogP contribution in [-0.2, 0) is 36.9 Å². The van der Waals surface area contributed by atoms with Crippen molar-refractivity contribution < 1.29 is 28.7 Å². The number of Topliss-reactive ketones (excluding diaryl/α,β-unsaturated/α-hetero) is 1. The highest BCUT2D eigenvalue weighted by molar-refractivity contribution is 6.38. The minimum atomic E-state index is -1.13. The van der Waals surface area contributed by atoms with Gasteiger partial charge in [-0.3, -0.25) is 9.59 Å². The predicted molar refractivity (Wildman–Crippen MR) is 115 cm³/mol. The molecule has 168 valence electrons. The number of rotatable bonds is 8. The lowest BCUT2D eigenvalue weighted by Gasteiger charge is -2.24. The third kappa shape index (κ3) is 5.94. The molecule has 0 aliphatic carbocycles. The Kier molecular flexibility index (Phi) is 7.96. The van der Waals surface area contributed by atoms with Gasteiger partial charge in [0.2, 0.25) is 5.78 Å². The highest BCUT2D eigenvalue weighted by atomic mass is 16.5. The zero-order valence-electron chi connectivity index (χ0n) is 17.9. The Hall–Kier alpha value is -3.68. The minimum absolute atomic E-state index is 0.0312. The van der Waals surface area contributed by atoms with Gasteiger partial charge in [-0.2, -0.15) is 0 Å². The number of alkyl carbamates (subject to hydrolysis) is 1. The molecule has 0 aromatic heterocycles. The second kappa shape index (κ2) is 11.1. The number of esters is 1. The molecule has 0 bridgehead atoms. The van der Waals surface area contributed by atoms with Crippen molar-refractivity contribution in [3.8, 4) is 0 Å². The Morgan fingerprint density at radius 2 is 1.62 bits per heavy atom. The maximum Gasteiger partial charge on any atom is 0.408 e. The number of ether oxygens (including phenoxy) is 2. The van der Waals surface area contributed by atoms with Crippen LogP contribution in [0.15, 0.2) is 60.7 Å². The van der Waals surface area contributed by atoms with Crippen molar-refractivity contribution in [2.75, 3.05) is 13.7 Å². The van der Waals surface area contributed by atoms with Crippen LogP contribution < -0.4 is 5.32 Å². The highest BCUT2D eigenvalue weighted by Gasteiger charge is 2.40. The van der Waals surface area contributed by atoms with Gasteiger partial charge in [0, 0.05) is 13.0 Å². The summed E-state index contributed by atoms with van der Waals surface area (Å²) in [5, 5.41) is 2.52. The molecular weight excluding hydrogens is 412 g/mol. The molecule has 2 aromatic rings. The minimum Gasteiger partial charge on any atom is -0.467 e. The molecule has 1 heterocycles. The van der Waals surface area contributed by atoms with E-state index in [4.69, 9.17) is 9.47 Å². The molecule has 32 heavy (non-hydrogen) atoms. The fraction of sp³-hybridized carbons (Fsp3) is 0.333. The number of hydrogen-bond donors (Lipinski definition) is 1. The van der Waals surface area contributed by atoms with Crippen LogP contribution in [0.2, 0.25) is 0 Å². The largest absolute Gasteiger partial charge is 0.467 e. The van der Waals surface area contributed by atoms with Crippen molar-refractivity contribution in [3.05, 3.63) is 71.8 Å². The number of carbonyl (C=O) groups is 4. The monoisotopic (exact) mass is 438 g/mol. The third-order valence-corrected chi connectivity index (χ3v) is 5.30. The lowest BCUT2D eigenvalue weighted by molar-refractivity contribution is -0.154. The predicted octanol–water partition coefficient (Wildman–Crippen LogP) is 2.26. The Labute approximate surface area is 186 Å². The first-order valence-electron chi connectivity index (χ1n) is 10.4. The second-order valence-electron chi connectivity index (χ2n) is 7.49. The molecule has 0 radical (unpaired) electrons. The summed E-state index contributed by atoms with van der Waals surface area (Å²) in [6.07, 6.45) is 0.334. The average Bonchev–Trinajstić information content (AvgIpc) is 3.32. The van der Waals surface area contributed by atoms with Gasteiger partial charge in [0.25, 0.3) is 5.91 Å². The summed E-state index contributed by atoms with van der Waals surface area (Å²) in [5.41, 5.74) is 1.57. The number of nitrogens with zero attached hydrogens (tertiary/aromatic N) is 1. The van der Waals surface area contributed by atoms with Crippen molar-refractivity contribution in [1.82, 2.24) is 10.2 Å². The summed E-state index contributed by atoms with van der Waals surface area (Å²) in [5.74, 6) is -2.18. The maximum atomic E-state index is 13.1. The van der Waals surface area contributed by atoms with Crippen molar-refractivity contribution in [1.29, 1.82) is 0 Å². The fourth-order valence-electron chi connectivity index (χ4n) is 3.65. The molecule has 2 amide bonds. The number of nitrogens with one attached hydrogen (secondary N) is 1. The molecular formula is C24H26N2O6. The van der Waals surface area contributed by atoms with E-state index in [0.29, 0.717) is 12.8 Å². The lowest BCUT2D eigenvalue weighted by Crippen LogP contribution is -2.52. The lowest BCUT2D eigenvalue weighted by atomic mass is 10.0. The van der Waals surface area contributed by atoms with E-state index in [9.17, 15) is 19.2 Å². The van der Waals surface area contributed by atoms with Crippen molar-refractivity contribution in [2.24, 2.45) is 0 Å². The van der Waals surface area contributed by atoms with Gasteiger partial charge in [-0.05, 0) is 24.0 Å². The van der Waals surface area contributed by atoms with E-state index in [1.165, 1.54) is 12.0 Å². The summed E-state index contributed by atoms with van der Waals surface area (Å²) in [6, 6.07) is 16.2. The van der Waals surface area contributed by atoms with Crippen molar-refractivity contribution in [3.63, 3.8) is 0 Å². The zero-order valence-corrected chi connectivity index (χ0v) is 17.9. The van der Waals surface area contributed by atoms with Gasteiger partial charge in [0.1, 0.15) is 18.7 Å². The first kappa shape index (κ1) is 23.0. The van der Waals surface area contributed by atoms with Crippen LogP contribution in [0.1, 0.15) is 24.0 Å². The van der Waals surface area contributed by atoms with Gasteiger partial charge in [0.05, 0.1) is 7.11 Å². The van der Waals surface area contributed by atoms with E-state index < -0.39 is 35.8 Å². The van der Waals surface area contributed by atoms with Gasteiger partial charge in [-0.1, -0.05) is 60.7 Å². The van der Waals surface area contributed by atoms with Gasteiger partial charge in [0.15, 0.2) is 0 Å².